The third-order valence-corrected chi connectivity index (χ3v) is 5.37. The van der Waals surface area contributed by atoms with Gasteiger partial charge in [-0.3, -0.25) is 4.79 Å². The molecule has 1 atom stereocenters. The Hall–Kier alpha value is -2.14. The number of halogens is 1. The number of aromatic nitrogens is 2. The molecule has 2 heterocycles. The van der Waals surface area contributed by atoms with Crippen molar-refractivity contribution < 1.29 is 4.79 Å². The summed E-state index contributed by atoms with van der Waals surface area (Å²) < 4.78 is 3.35. The Morgan fingerprint density at radius 3 is 2.80 bits per heavy atom. The highest BCUT2D eigenvalue weighted by Gasteiger charge is 2.33. The van der Waals surface area contributed by atoms with E-state index in [1.54, 1.807) is 0 Å². The number of nitrogens with zero attached hydrogens (tertiary/aromatic N) is 3. The molecule has 2 aromatic carbocycles. The predicted octanol–water partition coefficient (Wildman–Crippen LogP) is 4.18. The Kier molecular flexibility index (Phi) is 4.34. The Balaban J connectivity index is 1.77. The van der Waals surface area contributed by atoms with Crippen LogP contribution in [0, 0.1) is 0 Å². The van der Waals surface area contributed by atoms with E-state index in [-0.39, 0.29) is 11.8 Å². The van der Waals surface area contributed by atoms with Crippen molar-refractivity contribution in [2.24, 2.45) is 0 Å². The van der Waals surface area contributed by atoms with Crippen molar-refractivity contribution in [1.29, 1.82) is 0 Å². The third kappa shape index (κ3) is 3.09. The topological polar surface area (TPSA) is 38.1 Å². The first-order valence-corrected chi connectivity index (χ1v) is 9.42. The second-order valence-corrected chi connectivity index (χ2v) is 7.42. The largest absolute Gasteiger partial charge is 0.342 e. The number of carbonyl (C=O) groups excluding carboxylic acids is 1. The van der Waals surface area contributed by atoms with Gasteiger partial charge in [-0.25, -0.2) is 4.98 Å². The van der Waals surface area contributed by atoms with Crippen LogP contribution in [0.1, 0.15) is 30.7 Å². The summed E-state index contributed by atoms with van der Waals surface area (Å²) in [6.45, 7) is 4.31. The molecule has 0 bridgehead atoms. The lowest BCUT2D eigenvalue weighted by Crippen LogP contribution is -2.24. The molecule has 0 N–H and O–H groups in total. The fraction of sp³-hybridized carbons (Fsp3) is 0.300. The molecule has 1 aliphatic heterocycles. The zero-order valence-corrected chi connectivity index (χ0v) is 15.7. The van der Waals surface area contributed by atoms with E-state index >= 15 is 0 Å². The number of likely N-dealkylation sites (N-methyl/N-ethyl adjacent to an activating group) is 1. The minimum Gasteiger partial charge on any atom is -0.342 e. The summed E-state index contributed by atoms with van der Waals surface area (Å²) in [4.78, 5) is 19.0. The summed E-state index contributed by atoms with van der Waals surface area (Å²) in [5.74, 6) is 1.41. The molecule has 5 heteroatoms. The molecule has 25 heavy (non-hydrogen) atoms. The minimum atomic E-state index is 0.159. The van der Waals surface area contributed by atoms with Gasteiger partial charge in [0.15, 0.2) is 0 Å². The van der Waals surface area contributed by atoms with Crippen molar-refractivity contribution in [3.63, 3.8) is 0 Å². The van der Waals surface area contributed by atoms with Gasteiger partial charge in [0.2, 0.25) is 5.91 Å². The maximum atomic E-state index is 12.2. The Morgan fingerprint density at radius 1 is 1.20 bits per heavy atom. The fourth-order valence-electron chi connectivity index (χ4n) is 3.64. The highest BCUT2D eigenvalue weighted by molar-refractivity contribution is 9.10. The molecule has 0 radical (unpaired) electrons. The van der Waals surface area contributed by atoms with E-state index in [0.717, 1.165) is 41.0 Å². The van der Waals surface area contributed by atoms with Crippen LogP contribution in [0.15, 0.2) is 53.0 Å². The SMILES string of the molecule is CCN1CC(c2nc3ccccc3n2Cc2cccc(Br)c2)CC1=O. The Bertz CT molecular complexity index is 934. The van der Waals surface area contributed by atoms with Gasteiger partial charge in [-0.1, -0.05) is 40.2 Å². The second kappa shape index (κ2) is 6.64. The van der Waals surface area contributed by atoms with Crippen LogP contribution in [0.2, 0.25) is 0 Å². The summed E-state index contributed by atoms with van der Waals surface area (Å²) >= 11 is 3.55. The van der Waals surface area contributed by atoms with Gasteiger partial charge in [0.25, 0.3) is 0 Å². The lowest BCUT2D eigenvalue weighted by atomic mass is 10.1. The monoisotopic (exact) mass is 397 g/mol. The van der Waals surface area contributed by atoms with E-state index in [1.165, 1.54) is 5.56 Å². The number of amides is 1. The zero-order chi connectivity index (χ0) is 17.4. The van der Waals surface area contributed by atoms with Gasteiger partial charge in [-0.15, -0.1) is 0 Å². The Labute approximate surface area is 155 Å². The molecular formula is C20H20BrN3O. The van der Waals surface area contributed by atoms with Crippen LogP contribution < -0.4 is 0 Å². The summed E-state index contributed by atoms with van der Waals surface area (Å²) in [7, 11) is 0. The highest BCUT2D eigenvalue weighted by Crippen LogP contribution is 2.31. The number of fused-ring (bicyclic) bond motifs is 1. The van der Waals surface area contributed by atoms with Gasteiger partial charge in [0, 0.05) is 36.4 Å². The van der Waals surface area contributed by atoms with Crippen molar-refractivity contribution in [3.8, 4) is 0 Å². The maximum Gasteiger partial charge on any atom is 0.223 e. The Morgan fingerprint density at radius 2 is 2.04 bits per heavy atom. The number of para-hydroxylation sites is 2. The van der Waals surface area contributed by atoms with E-state index in [9.17, 15) is 4.79 Å². The smallest absolute Gasteiger partial charge is 0.223 e. The molecule has 1 amide bonds. The van der Waals surface area contributed by atoms with Gasteiger partial charge >= 0.3 is 0 Å². The first kappa shape index (κ1) is 16.3. The average Bonchev–Trinajstić information content (AvgIpc) is 3.16. The molecule has 1 unspecified atom stereocenters. The average molecular weight is 398 g/mol. The van der Waals surface area contributed by atoms with Gasteiger partial charge in [-0.2, -0.15) is 0 Å². The quantitative estimate of drug-likeness (QED) is 0.661. The predicted molar refractivity (Wildman–Crippen MR) is 103 cm³/mol. The fourth-order valence-corrected chi connectivity index (χ4v) is 4.09. The number of rotatable bonds is 4. The molecule has 3 aromatic rings. The standard InChI is InChI=1S/C20H20BrN3O/c1-2-23-13-15(11-19(23)25)20-22-17-8-3-4-9-18(17)24(20)12-14-6-5-7-16(21)10-14/h3-10,15H,2,11-13H2,1H3. The number of imidazole rings is 1. The van der Waals surface area contributed by atoms with Crippen LogP contribution in [0.4, 0.5) is 0 Å². The zero-order valence-electron chi connectivity index (χ0n) is 14.2. The van der Waals surface area contributed by atoms with Crippen molar-refractivity contribution in [2.45, 2.75) is 25.8 Å². The van der Waals surface area contributed by atoms with Crippen LogP contribution in [-0.4, -0.2) is 33.4 Å². The van der Waals surface area contributed by atoms with Crippen LogP contribution in [0.25, 0.3) is 11.0 Å². The second-order valence-electron chi connectivity index (χ2n) is 6.51. The lowest BCUT2D eigenvalue weighted by Gasteiger charge is -2.15. The summed E-state index contributed by atoms with van der Waals surface area (Å²) in [5, 5.41) is 0. The van der Waals surface area contributed by atoms with Crippen molar-refractivity contribution in [2.75, 3.05) is 13.1 Å². The summed E-state index contributed by atoms with van der Waals surface area (Å²) in [5.41, 5.74) is 3.34. The molecule has 1 aliphatic rings. The molecule has 1 aromatic heterocycles. The van der Waals surface area contributed by atoms with Crippen LogP contribution in [0.5, 0.6) is 0 Å². The molecular weight excluding hydrogens is 378 g/mol. The molecule has 1 fully saturated rings. The molecule has 4 rings (SSSR count). The third-order valence-electron chi connectivity index (χ3n) is 4.88. The van der Waals surface area contributed by atoms with E-state index in [0.29, 0.717) is 6.42 Å². The number of hydrogen-bond acceptors (Lipinski definition) is 2. The number of likely N-dealkylation sites (tertiary alicyclic amines) is 1. The summed E-state index contributed by atoms with van der Waals surface area (Å²) in [6, 6.07) is 16.6. The summed E-state index contributed by atoms with van der Waals surface area (Å²) in [6.07, 6.45) is 0.551. The molecule has 1 saturated heterocycles. The van der Waals surface area contributed by atoms with E-state index in [1.807, 2.05) is 36.1 Å². The van der Waals surface area contributed by atoms with Crippen LogP contribution in [0.3, 0.4) is 0 Å². The first-order chi connectivity index (χ1) is 12.2. The van der Waals surface area contributed by atoms with Crippen LogP contribution >= 0.6 is 15.9 Å². The lowest BCUT2D eigenvalue weighted by molar-refractivity contribution is -0.127. The maximum absolute atomic E-state index is 12.2. The van der Waals surface area contributed by atoms with Crippen LogP contribution in [-0.2, 0) is 11.3 Å². The van der Waals surface area contributed by atoms with Gasteiger partial charge < -0.3 is 9.47 Å². The molecule has 4 nitrogen and oxygen atoms in total. The highest BCUT2D eigenvalue weighted by atomic mass is 79.9. The van der Waals surface area contributed by atoms with Crippen molar-refractivity contribution in [1.82, 2.24) is 14.5 Å². The first-order valence-electron chi connectivity index (χ1n) is 8.63. The van der Waals surface area contributed by atoms with E-state index in [2.05, 4.69) is 44.8 Å². The normalized spacial score (nSPS) is 17.6. The minimum absolute atomic E-state index is 0.159. The number of hydrogen-bond donors (Lipinski definition) is 0. The van der Waals surface area contributed by atoms with Crippen molar-refractivity contribution >= 4 is 32.9 Å². The molecule has 128 valence electrons. The number of carbonyl (C=O) groups is 1. The van der Waals surface area contributed by atoms with Gasteiger partial charge in [-0.05, 0) is 36.8 Å². The number of benzene rings is 2. The van der Waals surface area contributed by atoms with E-state index < -0.39 is 0 Å². The van der Waals surface area contributed by atoms with Crippen molar-refractivity contribution in [3.05, 3.63) is 64.4 Å². The molecule has 0 saturated carbocycles. The molecule has 0 spiro atoms. The van der Waals surface area contributed by atoms with Gasteiger partial charge in [0.05, 0.1) is 11.0 Å². The molecule has 0 aliphatic carbocycles. The van der Waals surface area contributed by atoms with E-state index in [4.69, 9.17) is 4.98 Å². The van der Waals surface area contributed by atoms with Gasteiger partial charge in [0.1, 0.15) is 5.82 Å².